The Balaban J connectivity index is 1.21. The number of carbonyl (C=O) groups excluding carboxylic acids is 4. The van der Waals surface area contributed by atoms with Crippen molar-refractivity contribution >= 4 is 54.3 Å². The molecule has 13 nitrogen and oxygen atoms in total. The third kappa shape index (κ3) is 7.23. The van der Waals surface area contributed by atoms with E-state index in [1.807, 2.05) is 84.9 Å². The number of fused-ring (bicyclic) bond motifs is 2. The van der Waals surface area contributed by atoms with Crippen molar-refractivity contribution in [3.05, 3.63) is 114 Å². The van der Waals surface area contributed by atoms with Gasteiger partial charge in [-0.2, -0.15) is 0 Å². The number of ether oxygens (including phenoxy) is 4. The van der Waals surface area contributed by atoms with E-state index in [0.29, 0.717) is 48.9 Å². The number of nitrogens with zero attached hydrogens (tertiary/aromatic N) is 4. The number of carbonyl (C=O) groups is 4. The molecule has 3 saturated heterocycles. The Morgan fingerprint density at radius 1 is 0.864 bits per heavy atom. The summed E-state index contributed by atoms with van der Waals surface area (Å²) in [7, 11) is -0.985. The maximum atomic E-state index is 15.5. The molecule has 59 heavy (non-hydrogen) atoms. The first kappa shape index (κ1) is 40.1. The molecule has 4 aromatic rings. The van der Waals surface area contributed by atoms with Crippen LogP contribution in [-0.4, -0.2) is 94.7 Å². The van der Waals surface area contributed by atoms with Crippen molar-refractivity contribution in [3.63, 3.8) is 0 Å². The van der Waals surface area contributed by atoms with Crippen LogP contribution in [0.4, 0.5) is 26.7 Å². The van der Waals surface area contributed by atoms with Crippen molar-refractivity contribution in [1.82, 2.24) is 4.90 Å². The summed E-state index contributed by atoms with van der Waals surface area (Å²) < 4.78 is 23.2. The SMILES string of the molecule is COc1ccc([Si](C)(C)[C@H]2[C@H](CC(=O)N(CCO)Cc3ccccc3)O[C@@]3(C(=O)N(Cc4ccc(N5CCOC5=O)cc4)c4ccc(N5CCOC5=O)cc43)[C@@H]2C)cc1. The van der Waals surface area contributed by atoms with Gasteiger partial charge in [-0.1, -0.05) is 79.8 Å². The first-order valence-electron chi connectivity index (χ1n) is 20.1. The molecule has 0 bridgehead atoms. The van der Waals surface area contributed by atoms with Gasteiger partial charge in [0.25, 0.3) is 5.91 Å². The Hall–Kier alpha value is -5.70. The highest BCUT2D eigenvalue weighted by Gasteiger charge is 2.66. The average Bonchev–Trinajstić information content (AvgIpc) is 4.00. The van der Waals surface area contributed by atoms with Crippen LogP contribution in [0.15, 0.2) is 97.1 Å². The van der Waals surface area contributed by atoms with Crippen LogP contribution in [0.3, 0.4) is 0 Å². The zero-order valence-corrected chi connectivity index (χ0v) is 34.8. The Morgan fingerprint density at radius 2 is 1.51 bits per heavy atom. The number of anilines is 3. The van der Waals surface area contributed by atoms with E-state index in [1.54, 1.807) is 26.7 Å². The Morgan fingerprint density at radius 3 is 2.12 bits per heavy atom. The molecule has 0 radical (unpaired) electrons. The summed E-state index contributed by atoms with van der Waals surface area (Å²) in [5.41, 5.74) is 2.65. The van der Waals surface area contributed by atoms with Crippen LogP contribution in [0.2, 0.25) is 18.6 Å². The van der Waals surface area contributed by atoms with E-state index < -0.39 is 37.9 Å². The second-order valence-corrected chi connectivity index (χ2v) is 20.9. The average molecular weight is 819 g/mol. The van der Waals surface area contributed by atoms with Crippen molar-refractivity contribution in [2.75, 3.05) is 61.3 Å². The molecule has 8 rings (SSSR count). The number of rotatable bonds is 13. The van der Waals surface area contributed by atoms with Crippen LogP contribution in [0, 0.1) is 5.92 Å². The van der Waals surface area contributed by atoms with Gasteiger partial charge in [0.05, 0.1) is 59.6 Å². The summed E-state index contributed by atoms with van der Waals surface area (Å²) >= 11 is 0. The van der Waals surface area contributed by atoms with Gasteiger partial charge in [0.15, 0.2) is 5.60 Å². The molecule has 4 aromatic carbocycles. The minimum Gasteiger partial charge on any atom is -0.497 e. The van der Waals surface area contributed by atoms with E-state index in [1.165, 1.54) is 0 Å². The monoisotopic (exact) mass is 818 g/mol. The fourth-order valence-electron chi connectivity index (χ4n) is 9.56. The lowest BCUT2D eigenvalue weighted by Crippen LogP contribution is -2.52. The summed E-state index contributed by atoms with van der Waals surface area (Å²) in [6, 6.07) is 30.8. The molecule has 4 aliphatic rings. The lowest BCUT2D eigenvalue weighted by Gasteiger charge is -2.37. The molecule has 1 spiro atoms. The lowest BCUT2D eigenvalue weighted by molar-refractivity contribution is -0.150. The quantitative estimate of drug-likeness (QED) is 0.167. The minimum atomic E-state index is -2.62. The summed E-state index contributed by atoms with van der Waals surface area (Å²) in [4.78, 5) is 61.7. The standard InChI is InChI=1S/C45H50N4O9Si/c1-30-41(59(3,4)36-17-15-35(55-2)16-18-36)39(27-40(51)46(20-23-50)28-31-8-6-5-7-9-31)58-45(30)37-26-34(48-22-25-57-44(48)54)14-19-38(37)49(42(45)52)29-32-10-12-33(13-11-32)47-21-24-56-43(47)53/h5-19,26,30,39,41,50H,20-25,27-29H2,1-4H3/t30-,39+,41-,45+/m1/s1. The molecule has 0 unspecified atom stereocenters. The van der Waals surface area contributed by atoms with Crippen LogP contribution in [0.25, 0.3) is 0 Å². The Labute approximate surface area is 345 Å². The zero-order valence-electron chi connectivity index (χ0n) is 33.8. The van der Waals surface area contributed by atoms with E-state index in [9.17, 15) is 19.5 Å². The molecule has 0 saturated carbocycles. The number of aliphatic hydroxyl groups excluding tert-OH is 1. The summed E-state index contributed by atoms with van der Waals surface area (Å²) in [5, 5.41) is 11.2. The zero-order chi connectivity index (χ0) is 41.5. The largest absolute Gasteiger partial charge is 0.497 e. The molecule has 4 heterocycles. The predicted octanol–water partition coefficient (Wildman–Crippen LogP) is 5.78. The van der Waals surface area contributed by atoms with E-state index in [-0.39, 0.29) is 50.1 Å². The van der Waals surface area contributed by atoms with Crippen molar-refractivity contribution in [2.45, 2.75) is 56.8 Å². The van der Waals surface area contributed by atoms with Crippen LogP contribution >= 0.6 is 0 Å². The van der Waals surface area contributed by atoms with Gasteiger partial charge in [0.2, 0.25) is 5.91 Å². The Bertz CT molecular complexity index is 2220. The third-order valence-electron chi connectivity index (χ3n) is 12.6. The summed E-state index contributed by atoms with van der Waals surface area (Å²) in [6.45, 7) is 8.49. The molecule has 1 N–H and O–H groups in total. The normalized spacial score (nSPS) is 22.6. The molecule has 4 amide bonds. The van der Waals surface area contributed by atoms with Crippen molar-refractivity contribution in [2.24, 2.45) is 5.92 Å². The first-order chi connectivity index (χ1) is 28.5. The van der Waals surface area contributed by atoms with Crippen LogP contribution in [0.1, 0.15) is 30.0 Å². The molecule has 0 aromatic heterocycles. The highest BCUT2D eigenvalue weighted by atomic mass is 28.3. The maximum absolute atomic E-state index is 15.5. The molecule has 4 atom stereocenters. The van der Waals surface area contributed by atoms with Crippen molar-refractivity contribution in [3.8, 4) is 5.75 Å². The number of methoxy groups -OCH3 is 1. The fourth-order valence-corrected chi connectivity index (χ4v) is 13.6. The molecule has 308 valence electrons. The molecular formula is C45H50N4O9Si. The second kappa shape index (κ2) is 16.2. The molecule has 14 heteroatoms. The van der Waals surface area contributed by atoms with Crippen molar-refractivity contribution < 1.29 is 43.2 Å². The summed E-state index contributed by atoms with van der Waals surface area (Å²) in [5.74, 6) is -0.107. The van der Waals surface area contributed by atoms with Gasteiger partial charge in [-0.25, -0.2) is 9.59 Å². The third-order valence-corrected chi connectivity index (χ3v) is 16.9. The van der Waals surface area contributed by atoms with Gasteiger partial charge >= 0.3 is 12.2 Å². The predicted molar refractivity (Wildman–Crippen MR) is 225 cm³/mol. The van der Waals surface area contributed by atoms with Crippen LogP contribution in [-0.2, 0) is 42.5 Å². The summed E-state index contributed by atoms with van der Waals surface area (Å²) in [6.07, 6.45) is -1.52. The first-order valence-corrected chi connectivity index (χ1v) is 23.2. The number of benzene rings is 4. The number of hydrogen-bond acceptors (Lipinski definition) is 9. The fraction of sp³-hybridized carbons (Fsp3) is 0.378. The lowest BCUT2D eigenvalue weighted by atomic mass is 9.82. The maximum Gasteiger partial charge on any atom is 0.414 e. The van der Waals surface area contributed by atoms with Crippen molar-refractivity contribution in [1.29, 1.82) is 0 Å². The van der Waals surface area contributed by atoms with Gasteiger partial charge in [-0.15, -0.1) is 0 Å². The van der Waals surface area contributed by atoms with E-state index in [4.69, 9.17) is 18.9 Å². The molecular weight excluding hydrogens is 769 g/mol. The van der Waals surface area contributed by atoms with Gasteiger partial charge in [0.1, 0.15) is 19.0 Å². The number of aliphatic hydroxyl groups is 1. The smallest absolute Gasteiger partial charge is 0.414 e. The van der Waals surface area contributed by atoms with Gasteiger partial charge < -0.3 is 33.9 Å². The molecule has 4 aliphatic heterocycles. The van der Waals surface area contributed by atoms with Crippen LogP contribution < -0.4 is 24.6 Å². The Kier molecular flexibility index (Phi) is 11.0. The topological polar surface area (TPSA) is 138 Å². The number of hydrogen-bond donors (Lipinski definition) is 1. The van der Waals surface area contributed by atoms with E-state index >= 15 is 4.79 Å². The van der Waals surface area contributed by atoms with Gasteiger partial charge in [0, 0.05) is 35.9 Å². The highest BCUT2D eigenvalue weighted by molar-refractivity contribution is 6.91. The number of amides is 4. The van der Waals surface area contributed by atoms with Crippen LogP contribution in [0.5, 0.6) is 5.75 Å². The van der Waals surface area contributed by atoms with E-state index in [0.717, 1.165) is 22.1 Å². The van der Waals surface area contributed by atoms with E-state index in [2.05, 4.69) is 32.2 Å². The van der Waals surface area contributed by atoms with Gasteiger partial charge in [-0.3, -0.25) is 19.4 Å². The highest BCUT2D eigenvalue weighted by Crippen LogP contribution is 2.60. The van der Waals surface area contributed by atoms with Gasteiger partial charge in [-0.05, 0) is 59.1 Å². The molecule has 3 fully saturated rings. The second-order valence-electron chi connectivity index (χ2n) is 16.2. The number of cyclic esters (lactones) is 2. The minimum absolute atomic E-state index is 0.00265. The molecule has 0 aliphatic carbocycles.